The van der Waals surface area contributed by atoms with Crippen LogP contribution >= 0.6 is 0 Å². The van der Waals surface area contributed by atoms with Gasteiger partial charge in [0.1, 0.15) is 6.04 Å². The van der Waals surface area contributed by atoms with E-state index in [2.05, 4.69) is 4.98 Å². The summed E-state index contributed by atoms with van der Waals surface area (Å²) in [6.07, 6.45) is 8.62. The molecular formula is C14H16N2O3. The van der Waals surface area contributed by atoms with Gasteiger partial charge in [-0.3, -0.25) is 9.78 Å². The molecule has 0 spiro atoms. The fraction of sp³-hybridized carbons (Fsp3) is 0.357. The molecule has 1 aliphatic rings. The first-order valence-electron chi connectivity index (χ1n) is 6.30. The normalized spacial score (nSPS) is 19.6. The smallest absolute Gasteiger partial charge is 0.326 e. The van der Waals surface area contributed by atoms with Crippen molar-refractivity contribution in [2.24, 2.45) is 0 Å². The number of nitrogens with zero attached hydrogens (tertiary/aromatic N) is 2. The van der Waals surface area contributed by atoms with E-state index < -0.39 is 12.0 Å². The minimum absolute atomic E-state index is 0.254. The summed E-state index contributed by atoms with van der Waals surface area (Å²) in [7, 11) is 0. The standard InChI is InChI=1S/C14H16N2O3/c17-13(7-6-11-4-3-8-15-10-11)16-9-2-1-5-12(16)14(18)19/h3-4,6-8,10,12H,1-2,5,9H2,(H,18,19). The molecule has 1 N–H and O–H groups in total. The highest BCUT2D eigenvalue weighted by Gasteiger charge is 2.30. The van der Waals surface area contributed by atoms with Crippen LogP contribution in [0.4, 0.5) is 0 Å². The van der Waals surface area contributed by atoms with Gasteiger partial charge in [0.05, 0.1) is 0 Å². The zero-order chi connectivity index (χ0) is 13.7. The number of piperidine rings is 1. The maximum absolute atomic E-state index is 12.0. The second-order valence-electron chi connectivity index (χ2n) is 4.50. The fourth-order valence-corrected chi connectivity index (χ4v) is 2.19. The van der Waals surface area contributed by atoms with E-state index in [4.69, 9.17) is 5.11 Å². The molecule has 0 radical (unpaired) electrons. The van der Waals surface area contributed by atoms with Crippen molar-refractivity contribution < 1.29 is 14.7 Å². The molecule has 1 aromatic rings. The Morgan fingerprint density at radius 2 is 2.26 bits per heavy atom. The highest BCUT2D eigenvalue weighted by molar-refractivity contribution is 5.94. The van der Waals surface area contributed by atoms with Crippen molar-refractivity contribution in [1.82, 2.24) is 9.88 Å². The van der Waals surface area contributed by atoms with Gasteiger partial charge < -0.3 is 10.0 Å². The maximum atomic E-state index is 12.0. The number of rotatable bonds is 3. The second-order valence-corrected chi connectivity index (χ2v) is 4.50. The van der Waals surface area contributed by atoms with Gasteiger partial charge in [0, 0.05) is 25.0 Å². The van der Waals surface area contributed by atoms with Gasteiger partial charge in [0.25, 0.3) is 0 Å². The Labute approximate surface area is 111 Å². The van der Waals surface area contributed by atoms with E-state index in [9.17, 15) is 9.59 Å². The molecule has 0 bridgehead atoms. The van der Waals surface area contributed by atoms with E-state index in [0.29, 0.717) is 13.0 Å². The first-order chi connectivity index (χ1) is 9.18. The van der Waals surface area contributed by atoms with Crippen LogP contribution in [0.5, 0.6) is 0 Å². The largest absolute Gasteiger partial charge is 0.480 e. The molecule has 1 aromatic heterocycles. The summed E-state index contributed by atoms with van der Waals surface area (Å²) in [4.78, 5) is 28.5. The summed E-state index contributed by atoms with van der Waals surface area (Å²) in [5.41, 5.74) is 0.819. The molecule has 19 heavy (non-hydrogen) atoms. The summed E-state index contributed by atoms with van der Waals surface area (Å²) in [6.45, 7) is 0.507. The lowest BCUT2D eigenvalue weighted by Crippen LogP contribution is -2.47. The predicted molar refractivity (Wildman–Crippen MR) is 70.3 cm³/mol. The van der Waals surface area contributed by atoms with Crippen molar-refractivity contribution in [3.05, 3.63) is 36.2 Å². The number of amides is 1. The molecule has 1 unspecified atom stereocenters. The van der Waals surface area contributed by atoms with Crippen LogP contribution in [-0.4, -0.2) is 39.5 Å². The highest BCUT2D eigenvalue weighted by Crippen LogP contribution is 2.17. The summed E-state index contributed by atoms with van der Waals surface area (Å²) >= 11 is 0. The summed E-state index contributed by atoms with van der Waals surface area (Å²) in [6, 6.07) is 2.92. The van der Waals surface area contributed by atoms with Gasteiger partial charge in [-0.25, -0.2) is 4.79 Å². The molecule has 2 heterocycles. The SMILES string of the molecule is O=C(O)C1CCCCN1C(=O)C=Cc1cccnc1. The summed E-state index contributed by atoms with van der Waals surface area (Å²) in [5, 5.41) is 9.11. The molecule has 1 atom stereocenters. The van der Waals surface area contributed by atoms with E-state index in [0.717, 1.165) is 18.4 Å². The predicted octanol–water partition coefficient (Wildman–Crippen LogP) is 1.56. The molecule has 0 saturated carbocycles. The third kappa shape index (κ3) is 3.40. The molecule has 2 rings (SSSR count). The lowest BCUT2D eigenvalue weighted by Gasteiger charge is -2.32. The van der Waals surface area contributed by atoms with Crippen molar-refractivity contribution in [3.63, 3.8) is 0 Å². The van der Waals surface area contributed by atoms with Gasteiger partial charge in [0.2, 0.25) is 5.91 Å². The van der Waals surface area contributed by atoms with Crippen LogP contribution in [-0.2, 0) is 9.59 Å². The molecule has 1 fully saturated rings. The molecule has 1 saturated heterocycles. The monoisotopic (exact) mass is 260 g/mol. The number of carbonyl (C=O) groups is 2. The Hall–Kier alpha value is -2.17. The molecule has 1 aliphatic heterocycles. The highest BCUT2D eigenvalue weighted by atomic mass is 16.4. The minimum atomic E-state index is -0.928. The Balaban J connectivity index is 2.06. The van der Waals surface area contributed by atoms with Gasteiger partial charge in [-0.05, 0) is 37.0 Å². The number of hydrogen-bond acceptors (Lipinski definition) is 3. The second kappa shape index (κ2) is 6.13. The number of carboxylic acids is 1. The van der Waals surface area contributed by atoms with Crippen molar-refractivity contribution in [1.29, 1.82) is 0 Å². The van der Waals surface area contributed by atoms with Crippen molar-refractivity contribution in [3.8, 4) is 0 Å². The molecule has 100 valence electrons. The first-order valence-corrected chi connectivity index (χ1v) is 6.30. The average molecular weight is 260 g/mol. The Bertz CT molecular complexity index is 485. The van der Waals surface area contributed by atoms with Gasteiger partial charge in [-0.2, -0.15) is 0 Å². The van der Waals surface area contributed by atoms with Crippen LogP contribution in [0.25, 0.3) is 6.08 Å². The molecular weight excluding hydrogens is 244 g/mol. The zero-order valence-electron chi connectivity index (χ0n) is 10.5. The maximum Gasteiger partial charge on any atom is 0.326 e. The Kier molecular flexibility index (Phi) is 4.28. The van der Waals surface area contributed by atoms with Crippen molar-refractivity contribution in [2.45, 2.75) is 25.3 Å². The lowest BCUT2D eigenvalue weighted by molar-refractivity contribution is -0.150. The number of likely N-dealkylation sites (tertiary alicyclic amines) is 1. The Morgan fingerprint density at radius 3 is 2.95 bits per heavy atom. The van der Waals surface area contributed by atoms with E-state index in [1.807, 2.05) is 6.07 Å². The third-order valence-corrected chi connectivity index (χ3v) is 3.17. The van der Waals surface area contributed by atoms with Crippen LogP contribution in [0.15, 0.2) is 30.6 Å². The number of aliphatic carboxylic acids is 1. The van der Waals surface area contributed by atoms with E-state index >= 15 is 0 Å². The number of aromatic nitrogens is 1. The topological polar surface area (TPSA) is 70.5 Å². The minimum Gasteiger partial charge on any atom is -0.480 e. The molecule has 0 aromatic carbocycles. The van der Waals surface area contributed by atoms with Gasteiger partial charge >= 0.3 is 5.97 Å². The van der Waals surface area contributed by atoms with Gasteiger partial charge in [0.15, 0.2) is 0 Å². The van der Waals surface area contributed by atoms with E-state index in [-0.39, 0.29) is 5.91 Å². The van der Waals surface area contributed by atoms with E-state index in [1.165, 1.54) is 11.0 Å². The quantitative estimate of drug-likeness (QED) is 0.837. The van der Waals surface area contributed by atoms with Crippen LogP contribution in [0.2, 0.25) is 0 Å². The van der Waals surface area contributed by atoms with Crippen molar-refractivity contribution in [2.75, 3.05) is 6.54 Å². The summed E-state index contributed by atoms with van der Waals surface area (Å²) < 4.78 is 0. The van der Waals surface area contributed by atoms with Crippen molar-refractivity contribution >= 4 is 18.0 Å². The number of carbonyl (C=O) groups excluding carboxylic acids is 1. The number of pyridine rings is 1. The molecule has 5 heteroatoms. The molecule has 0 aliphatic carbocycles. The zero-order valence-corrected chi connectivity index (χ0v) is 10.5. The number of hydrogen-bond donors (Lipinski definition) is 1. The molecule has 5 nitrogen and oxygen atoms in total. The third-order valence-electron chi connectivity index (χ3n) is 3.17. The average Bonchev–Trinajstić information content (AvgIpc) is 2.46. The van der Waals surface area contributed by atoms with Crippen LogP contribution < -0.4 is 0 Å². The van der Waals surface area contributed by atoms with Crippen LogP contribution in [0, 0.1) is 0 Å². The van der Waals surface area contributed by atoms with Gasteiger partial charge in [-0.15, -0.1) is 0 Å². The number of carboxylic acid groups (broad SMARTS) is 1. The first kappa shape index (κ1) is 13.3. The Morgan fingerprint density at radius 1 is 1.42 bits per heavy atom. The van der Waals surface area contributed by atoms with Gasteiger partial charge in [-0.1, -0.05) is 6.07 Å². The van der Waals surface area contributed by atoms with E-state index in [1.54, 1.807) is 24.5 Å². The van der Waals surface area contributed by atoms with Crippen LogP contribution in [0.1, 0.15) is 24.8 Å². The summed E-state index contributed by atoms with van der Waals surface area (Å²) in [5.74, 6) is -1.18. The molecule has 1 amide bonds. The fourth-order valence-electron chi connectivity index (χ4n) is 2.19. The lowest BCUT2D eigenvalue weighted by atomic mass is 10.0. The van der Waals surface area contributed by atoms with Crippen LogP contribution in [0.3, 0.4) is 0 Å².